The van der Waals surface area contributed by atoms with Crippen LogP contribution in [-0.2, 0) is 14.3 Å². The number of ether oxygens (including phenoxy) is 2. The highest BCUT2D eigenvalue weighted by Gasteiger charge is 2.17. The average molecular weight is 337 g/mol. The van der Waals surface area contributed by atoms with E-state index < -0.39 is 5.97 Å². The summed E-state index contributed by atoms with van der Waals surface area (Å²) < 4.78 is 24.3. The molecule has 5 nitrogen and oxygen atoms in total. The van der Waals surface area contributed by atoms with Crippen LogP contribution in [0.4, 0.5) is 4.39 Å². The Bertz CT molecular complexity index is 724. The highest BCUT2D eigenvalue weighted by Crippen LogP contribution is 2.26. The second kappa shape index (κ2) is 7.06. The molecule has 0 unspecified atom stereocenters. The molecular formula is C16H16FNO4S. The van der Waals surface area contributed by atoms with E-state index >= 15 is 0 Å². The van der Waals surface area contributed by atoms with Crippen molar-refractivity contribution in [1.29, 1.82) is 0 Å². The summed E-state index contributed by atoms with van der Waals surface area (Å²) in [5.74, 6) is -1.30. The zero-order valence-electron chi connectivity index (χ0n) is 12.3. The highest BCUT2D eigenvalue weighted by atomic mass is 32.1. The van der Waals surface area contributed by atoms with Crippen LogP contribution in [0.1, 0.15) is 22.5 Å². The molecule has 3 rings (SSSR count). The number of nitrogens with one attached hydrogen (secondary N) is 1. The van der Waals surface area contributed by atoms with Gasteiger partial charge < -0.3 is 14.8 Å². The van der Waals surface area contributed by atoms with Crippen molar-refractivity contribution in [2.75, 3.05) is 19.8 Å². The summed E-state index contributed by atoms with van der Waals surface area (Å²) >= 11 is 1.21. The number of hydrogen-bond donors (Lipinski definition) is 1. The van der Waals surface area contributed by atoms with Crippen LogP contribution in [0.3, 0.4) is 0 Å². The largest absolute Gasteiger partial charge is 0.451 e. The van der Waals surface area contributed by atoms with Gasteiger partial charge in [0, 0.05) is 17.9 Å². The molecule has 1 N–H and O–H groups in total. The summed E-state index contributed by atoms with van der Waals surface area (Å²) in [6.45, 7) is 0.814. The fraction of sp³-hybridized carbons (Fsp3) is 0.375. The number of esters is 1. The first kappa shape index (κ1) is 15.9. The fourth-order valence-corrected chi connectivity index (χ4v) is 3.34. The predicted octanol–water partition coefficient (Wildman–Crippen LogP) is 2.49. The Morgan fingerprint density at radius 3 is 3.04 bits per heavy atom. The van der Waals surface area contributed by atoms with Crippen molar-refractivity contribution in [1.82, 2.24) is 5.32 Å². The molecule has 1 fully saturated rings. The normalized spacial score (nSPS) is 17.3. The number of rotatable bonds is 5. The van der Waals surface area contributed by atoms with Gasteiger partial charge in [0.15, 0.2) is 6.61 Å². The summed E-state index contributed by atoms with van der Waals surface area (Å²) in [6.07, 6.45) is 1.98. The lowest BCUT2D eigenvalue weighted by molar-refractivity contribution is -0.124. The molecule has 2 aromatic rings. The number of carbonyl (C=O) groups is 2. The molecule has 0 radical (unpaired) electrons. The van der Waals surface area contributed by atoms with Crippen molar-refractivity contribution in [2.24, 2.45) is 0 Å². The minimum atomic E-state index is -0.584. The van der Waals surface area contributed by atoms with Crippen LogP contribution in [0.5, 0.6) is 0 Å². The summed E-state index contributed by atoms with van der Waals surface area (Å²) in [7, 11) is 0. The van der Waals surface area contributed by atoms with Gasteiger partial charge in [-0.15, -0.1) is 11.3 Å². The van der Waals surface area contributed by atoms with Crippen LogP contribution in [0, 0.1) is 5.82 Å². The van der Waals surface area contributed by atoms with E-state index in [1.165, 1.54) is 23.5 Å². The third-order valence-corrected chi connectivity index (χ3v) is 4.66. The van der Waals surface area contributed by atoms with Gasteiger partial charge in [0.25, 0.3) is 5.91 Å². The van der Waals surface area contributed by atoms with E-state index in [9.17, 15) is 14.0 Å². The Balaban J connectivity index is 1.50. The molecule has 1 atom stereocenters. The number of thiophene rings is 1. The Hall–Kier alpha value is -1.99. The first-order chi connectivity index (χ1) is 11.1. The van der Waals surface area contributed by atoms with E-state index in [1.807, 2.05) is 0 Å². The van der Waals surface area contributed by atoms with Gasteiger partial charge in [0.1, 0.15) is 10.7 Å². The standard InChI is InChI=1S/C16H16FNO4S/c17-11-3-4-13-10(6-11)7-14(23-13)16(20)22-9-15(19)18-8-12-2-1-5-21-12/h3-4,6-7,12H,1-2,5,8-9H2,(H,18,19)/t12-/m0/s1. The number of hydrogen-bond acceptors (Lipinski definition) is 5. The zero-order chi connectivity index (χ0) is 16.2. The Morgan fingerprint density at radius 2 is 2.26 bits per heavy atom. The van der Waals surface area contributed by atoms with Crippen LogP contribution in [0.15, 0.2) is 24.3 Å². The van der Waals surface area contributed by atoms with Crippen LogP contribution in [0.25, 0.3) is 10.1 Å². The second-order valence-corrected chi connectivity index (χ2v) is 6.39. The SMILES string of the molecule is O=C(COC(=O)c1cc2cc(F)ccc2s1)NC[C@@H]1CCCO1. The first-order valence-corrected chi connectivity index (χ1v) is 8.18. The summed E-state index contributed by atoms with van der Waals surface area (Å²) in [5, 5.41) is 3.32. The lowest BCUT2D eigenvalue weighted by Crippen LogP contribution is -2.34. The Labute approximate surface area is 136 Å². The van der Waals surface area contributed by atoms with Crippen molar-refractivity contribution in [3.63, 3.8) is 0 Å². The third kappa shape index (κ3) is 4.05. The van der Waals surface area contributed by atoms with Crippen LogP contribution < -0.4 is 5.32 Å². The van der Waals surface area contributed by atoms with Crippen molar-refractivity contribution < 1.29 is 23.5 Å². The van der Waals surface area contributed by atoms with E-state index in [4.69, 9.17) is 9.47 Å². The van der Waals surface area contributed by atoms with Crippen LogP contribution in [-0.4, -0.2) is 37.7 Å². The van der Waals surface area contributed by atoms with Gasteiger partial charge in [-0.3, -0.25) is 4.79 Å². The molecule has 1 aromatic carbocycles. The molecule has 0 saturated carbocycles. The molecule has 7 heteroatoms. The zero-order valence-corrected chi connectivity index (χ0v) is 13.2. The number of fused-ring (bicyclic) bond motifs is 1. The molecule has 0 spiro atoms. The predicted molar refractivity (Wildman–Crippen MR) is 84.0 cm³/mol. The molecule has 122 valence electrons. The quantitative estimate of drug-likeness (QED) is 0.852. The lowest BCUT2D eigenvalue weighted by atomic mass is 10.2. The lowest BCUT2D eigenvalue weighted by Gasteiger charge is -2.10. The maximum Gasteiger partial charge on any atom is 0.348 e. The maximum atomic E-state index is 13.1. The monoisotopic (exact) mass is 337 g/mol. The van der Waals surface area contributed by atoms with E-state index in [1.54, 1.807) is 12.1 Å². The van der Waals surface area contributed by atoms with Crippen molar-refractivity contribution in [3.05, 3.63) is 35.0 Å². The Morgan fingerprint density at radius 1 is 1.39 bits per heavy atom. The van der Waals surface area contributed by atoms with E-state index in [2.05, 4.69) is 5.32 Å². The first-order valence-electron chi connectivity index (χ1n) is 7.36. The second-order valence-electron chi connectivity index (χ2n) is 5.31. The van der Waals surface area contributed by atoms with E-state index in [0.717, 1.165) is 24.1 Å². The van der Waals surface area contributed by atoms with E-state index in [-0.39, 0.29) is 24.4 Å². The summed E-state index contributed by atoms with van der Waals surface area (Å²) in [4.78, 5) is 24.0. The molecule has 1 aliphatic rings. The average Bonchev–Trinajstić information content (AvgIpc) is 3.19. The molecular weight excluding hydrogens is 321 g/mol. The molecule has 1 aliphatic heterocycles. The van der Waals surface area contributed by atoms with Gasteiger partial charge in [-0.05, 0) is 42.5 Å². The fourth-order valence-electron chi connectivity index (χ4n) is 2.40. The number of benzene rings is 1. The molecule has 1 aromatic heterocycles. The Kier molecular flexibility index (Phi) is 4.88. The van der Waals surface area contributed by atoms with Gasteiger partial charge in [-0.25, -0.2) is 9.18 Å². The third-order valence-electron chi connectivity index (χ3n) is 3.56. The molecule has 23 heavy (non-hydrogen) atoms. The van der Waals surface area contributed by atoms with Gasteiger partial charge in [-0.2, -0.15) is 0 Å². The van der Waals surface area contributed by atoms with Crippen molar-refractivity contribution >= 4 is 33.3 Å². The number of halogens is 1. The minimum Gasteiger partial charge on any atom is -0.451 e. The molecule has 1 saturated heterocycles. The van der Waals surface area contributed by atoms with Gasteiger partial charge in [0.05, 0.1) is 6.10 Å². The number of carbonyl (C=O) groups excluding carboxylic acids is 2. The summed E-state index contributed by atoms with van der Waals surface area (Å²) in [6, 6.07) is 5.87. The van der Waals surface area contributed by atoms with Gasteiger partial charge >= 0.3 is 5.97 Å². The maximum absolute atomic E-state index is 13.1. The minimum absolute atomic E-state index is 0.0483. The topological polar surface area (TPSA) is 64.6 Å². The summed E-state index contributed by atoms with van der Waals surface area (Å²) in [5.41, 5.74) is 0. The van der Waals surface area contributed by atoms with Crippen LogP contribution in [0.2, 0.25) is 0 Å². The number of amides is 1. The van der Waals surface area contributed by atoms with Crippen LogP contribution >= 0.6 is 11.3 Å². The highest BCUT2D eigenvalue weighted by molar-refractivity contribution is 7.20. The smallest absolute Gasteiger partial charge is 0.348 e. The van der Waals surface area contributed by atoms with Crippen molar-refractivity contribution in [3.8, 4) is 0 Å². The molecule has 1 amide bonds. The van der Waals surface area contributed by atoms with Crippen molar-refractivity contribution in [2.45, 2.75) is 18.9 Å². The van der Waals surface area contributed by atoms with E-state index in [0.29, 0.717) is 16.8 Å². The molecule has 0 bridgehead atoms. The van der Waals surface area contributed by atoms with Gasteiger partial charge in [-0.1, -0.05) is 0 Å². The molecule has 2 heterocycles. The van der Waals surface area contributed by atoms with Gasteiger partial charge in [0.2, 0.25) is 0 Å². The molecule has 0 aliphatic carbocycles.